The minimum Gasteiger partial charge on any atom is -0.385 e. The zero-order valence-electron chi connectivity index (χ0n) is 16.8. The van der Waals surface area contributed by atoms with Crippen LogP contribution in [0.1, 0.15) is 43.2 Å². The molecule has 2 saturated heterocycles. The van der Waals surface area contributed by atoms with Crippen LogP contribution in [0.2, 0.25) is 0 Å². The number of amidine groups is 1. The molecular weight excluding hydrogens is 334 g/mol. The first-order valence-corrected chi connectivity index (χ1v) is 10.1. The minimum absolute atomic E-state index is 0.753. The highest BCUT2D eigenvalue weighted by molar-refractivity contribution is 6.05. The van der Waals surface area contributed by atoms with Crippen LogP contribution in [0.4, 0.5) is 5.69 Å². The van der Waals surface area contributed by atoms with E-state index in [1.54, 1.807) is 0 Å². The molecule has 0 spiro atoms. The minimum atomic E-state index is 0.753. The first-order chi connectivity index (χ1) is 13.0. The summed E-state index contributed by atoms with van der Waals surface area (Å²) in [6.07, 6.45) is 8.07. The second-order valence-electron chi connectivity index (χ2n) is 7.67. The van der Waals surface area contributed by atoms with Gasteiger partial charge in [-0.1, -0.05) is 18.7 Å². The van der Waals surface area contributed by atoms with E-state index in [0.29, 0.717) is 0 Å². The summed E-state index contributed by atoms with van der Waals surface area (Å²) in [6, 6.07) is 6.40. The molecule has 0 bridgehead atoms. The fraction of sp³-hybridized carbons (Fsp3) is 0.500. The Kier molecular flexibility index (Phi) is 6.43. The fourth-order valence-corrected chi connectivity index (χ4v) is 3.67. The largest absolute Gasteiger partial charge is 0.385 e. The van der Waals surface area contributed by atoms with Crippen LogP contribution in [0.15, 0.2) is 47.5 Å². The molecule has 2 heterocycles. The Hall–Kier alpha value is -2.43. The lowest BCUT2D eigenvalue weighted by Gasteiger charge is -2.29. The predicted molar refractivity (Wildman–Crippen MR) is 115 cm³/mol. The van der Waals surface area contributed by atoms with E-state index in [-0.39, 0.29) is 0 Å². The van der Waals surface area contributed by atoms with Crippen LogP contribution in [0.5, 0.6) is 0 Å². The van der Waals surface area contributed by atoms with E-state index in [2.05, 4.69) is 53.7 Å². The molecule has 3 N–H and O–H groups in total. The van der Waals surface area contributed by atoms with E-state index in [0.717, 1.165) is 49.3 Å². The number of nitrogens with zero attached hydrogens (tertiary/aromatic N) is 3. The number of benzene rings is 1. The second kappa shape index (κ2) is 8.98. The molecule has 2 aliphatic rings. The number of nitrogens with one attached hydrogen (secondary N) is 1. The van der Waals surface area contributed by atoms with E-state index in [9.17, 15) is 0 Å². The molecule has 0 saturated carbocycles. The van der Waals surface area contributed by atoms with Crippen LogP contribution < -0.4 is 11.1 Å². The Morgan fingerprint density at radius 1 is 1.04 bits per heavy atom. The van der Waals surface area contributed by atoms with Gasteiger partial charge in [-0.05, 0) is 63.1 Å². The number of rotatable bonds is 5. The number of piperidine rings is 1. The van der Waals surface area contributed by atoms with Crippen molar-refractivity contribution in [3.8, 4) is 0 Å². The second-order valence-corrected chi connectivity index (χ2v) is 7.67. The SMILES string of the molecule is C=C(/N=C(\C=C(/N)N1CCCCC1)Nc1cc(C)ccc1C)N1CCCC1. The zero-order valence-corrected chi connectivity index (χ0v) is 16.8. The van der Waals surface area contributed by atoms with Crippen molar-refractivity contribution >= 4 is 11.5 Å². The van der Waals surface area contributed by atoms with Crippen molar-refractivity contribution in [1.82, 2.24) is 9.80 Å². The standard InChI is InChI=1S/C22H33N5/c1-17-9-10-18(2)20(15-17)25-22(24-19(3)26-11-7-8-12-26)16-21(23)27-13-5-4-6-14-27/h9-10,15-16H,3-8,11-14,23H2,1-2H3,(H,24,25)/b21-16+. The van der Waals surface area contributed by atoms with Crippen LogP contribution in [-0.2, 0) is 0 Å². The highest BCUT2D eigenvalue weighted by atomic mass is 15.2. The number of aryl methyl sites for hydroxylation is 2. The van der Waals surface area contributed by atoms with Gasteiger partial charge in [-0.25, -0.2) is 4.99 Å². The highest BCUT2D eigenvalue weighted by Gasteiger charge is 2.15. The van der Waals surface area contributed by atoms with Gasteiger partial charge in [-0.3, -0.25) is 0 Å². The Morgan fingerprint density at radius 2 is 1.67 bits per heavy atom. The maximum atomic E-state index is 6.42. The molecule has 0 aliphatic carbocycles. The molecule has 5 heteroatoms. The normalized spacial score (nSPS) is 18.7. The molecule has 0 atom stereocenters. The average Bonchev–Trinajstić information content (AvgIpc) is 3.20. The summed E-state index contributed by atoms with van der Waals surface area (Å²) in [7, 11) is 0. The van der Waals surface area contributed by atoms with Gasteiger partial charge in [0.2, 0.25) is 0 Å². The lowest BCUT2D eigenvalue weighted by Crippen LogP contribution is -2.33. The molecule has 5 nitrogen and oxygen atoms in total. The average molecular weight is 368 g/mol. The van der Waals surface area contributed by atoms with Crippen molar-refractivity contribution in [2.75, 3.05) is 31.5 Å². The number of hydrogen-bond acceptors (Lipinski definition) is 4. The molecule has 3 rings (SSSR count). The first kappa shape index (κ1) is 19.3. The van der Waals surface area contributed by atoms with E-state index in [1.165, 1.54) is 43.2 Å². The molecule has 2 fully saturated rings. The van der Waals surface area contributed by atoms with Crippen molar-refractivity contribution < 1.29 is 0 Å². The molecule has 0 amide bonds. The van der Waals surface area contributed by atoms with Crippen LogP contribution >= 0.6 is 0 Å². The van der Waals surface area contributed by atoms with Gasteiger partial charge < -0.3 is 20.9 Å². The molecule has 1 aromatic carbocycles. The van der Waals surface area contributed by atoms with Gasteiger partial charge >= 0.3 is 0 Å². The van der Waals surface area contributed by atoms with Gasteiger partial charge in [-0.2, -0.15) is 0 Å². The topological polar surface area (TPSA) is 56.9 Å². The quantitative estimate of drug-likeness (QED) is 0.611. The van der Waals surface area contributed by atoms with Crippen molar-refractivity contribution in [1.29, 1.82) is 0 Å². The molecule has 146 valence electrons. The van der Waals surface area contributed by atoms with Gasteiger partial charge in [0.25, 0.3) is 0 Å². The molecule has 2 aliphatic heterocycles. The summed E-state index contributed by atoms with van der Waals surface area (Å²) < 4.78 is 0. The van der Waals surface area contributed by atoms with Crippen molar-refractivity contribution in [3.05, 3.63) is 53.6 Å². The van der Waals surface area contributed by atoms with E-state index >= 15 is 0 Å². The summed E-state index contributed by atoms with van der Waals surface area (Å²) in [5.41, 5.74) is 9.89. The van der Waals surface area contributed by atoms with Gasteiger partial charge in [0, 0.05) is 37.9 Å². The summed E-state index contributed by atoms with van der Waals surface area (Å²) in [6.45, 7) is 12.5. The Balaban J connectivity index is 1.85. The van der Waals surface area contributed by atoms with Gasteiger partial charge in [0.05, 0.1) is 0 Å². The smallest absolute Gasteiger partial charge is 0.136 e. The number of nitrogens with two attached hydrogens (primary N) is 1. The number of hydrogen-bond donors (Lipinski definition) is 2. The van der Waals surface area contributed by atoms with Crippen LogP contribution in [-0.4, -0.2) is 41.8 Å². The van der Waals surface area contributed by atoms with Crippen LogP contribution in [0.3, 0.4) is 0 Å². The maximum Gasteiger partial charge on any atom is 0.136 e. The number of likely N-dealkylation sites (tertiary alicyclic amines) is 2. The summed E-state index contributed by atoms with van der Waals surface area (Å²) >= 11 is 0. The van der Waals surface area contributed by atoms with Crippen molar-refractivity contribution in [3.63, 3.8) is 0 Å². The molecule has 0 radical (unpaired) electrons. The summed E-state index contributed by atoms with van der Waals surface area (Å²) in [5, 5.41) is 3.49. The molecule has 27 heavy (non-hydrogen) atoms. The van der Waals surface area contributed by atoms with Gasteiger partial charge in [0.1, 0.15) is 17.5 Å². The third kappa shape index (κ3) is 5.28. The highest BCUT2D eigenvalue weighted by Crippen LogP contribution is 2.19. The molecule has 0 unspecified atom stereocenters. The molecule has 1 aromatic rings. The number of aliphatic imine (C=N–C) groups is 1. The Morgan fingerprint density at radius 3 is 2.37 bits per heavy atom. The Bertz CT molecular complexity index is 722. The zero-order chi connectivity index (χ0) is 19.2. The third-order valence-electron chi connectivity index (χ3n) is 5.38. The monoisotopic (exact) mass is 367 g/mol. The van der Waals surface area contributed by atoms with E-state index in [1.807, 2.05) is 6.08 Å². The lowest BCUT2D eigenvalue weighted by atomic mass is 10.1. The molecular formula is C22H33N5. The summed E-state index contributed by atoms with van der Waals surface area (Å²) in [4.78, 5) is 9.31. The first-order valence-electron chi connectivity index (χ1n) is 10.1. The van der Waals surface area contributed by atoms with Crippen LogP contribution in [0, 0.1) is 13.8 Å². The number of anilines is 1. The lowest BCUT2D eigenvalue weighted by molar-refractivity contribution is 0.283. The van der Waals surface area contributed by atoms with E-state index < -0.39 is 0 Å². The van der Waals surface area contributed by atoms with E-state index in [4.69, 9.17) is 10.7 Å². The third-order valence-corrected chi connectivity index (χ3v) is 5.38. The van der Waals surface area contributed by atoms with Gasteiger partial charge in [0.15, 0.2) is 0 Å². The Labute approximate surface area is 163 Å². The molecule has 0 aromatic heterocycles. The van der Waals surface area contributed by atoms with Crippen LogP contribution in [0.25, 0.3) is 0 Å². The van der Waals surface area contributed by atoms with Gasteiger partial charge in [-0.15, -0.1) is 0 Å². The van der Waals surface area contributed by atoms with Crippen molar-refractivity contribution in [2.45, 2.75) is 46.0 Å². The fourth-order valence-electron chi connectivity index (χ4n) is 3.67. The van der Waals surface area contributed by atoms with Crippen molar-refractivity contribution in [2.24, 2.45) is 10.7 Å². The summed E-state index contributed by atoms with van der Waals surface area (Å²) in [5.74, 6) is 2.34. The maximum absolute atomic E-state index is 6.42. The predicted octanol–water partition coefficient (Wildman–Crippen LogP) is 3.97.